The van der Waals surface area contributed by atoms with Gasteiger partial charge in [-0.05, 0) is 30.5 Å². The Hall–Kier alpha value is -1.62. The number of hydrogen-bond acceptors (Lipinski definition) is 2. The highest BCUT2D eigenvalue weighted by molar-refractivity contribution is 6.31. The first-order valence-corrected chi connectivity index (χ1v) is 7.56. The lowest BCUT2D eigenvalue weighted by Crippen LogP contribution is -2.47. The number of halogens is 2. The van der Waals surface area contributed by atoms with Gasteiger partial charge in [0.1, 0.15) is 5.82 Å². The van der Waals surface area contributed by atoms with Crippen LogP contribution in [-0.2, 0) is 15.0 Å². The number of benzene rings is 1. The van der Waals surface area contributed by atoms with Crippen LogP contribution in [0.15, 0.2) is 18.2 Å². The molecule has 1 aliphatic rings. The van der Waals surface area contributed by atoms with Crippen molar-refractivity contribution in [2.45, 2.75) is 32.1 Å². The van der Waals surface area contributed by atoms with E-state index in [1.807, 2.05) is 13.8 Å². The molecule has 0 saturated heterocycles. The van der Waals surface area contributed by atoms with Gasteiger partial charge < -0.3 is 10.4 Å². The average Bonchev–Trinajstić information content (AvgIpc) is 2.34. The molecule has 120 valence electrons. The van der Waals surface area contributed by atoms with Crippen LogP contribution >= 0.6 is 11.6 Å². The predicted octanol–water partition coefficient (Wildman–Crippen LogP) is 2.98. The molecule has 0 heterocycles. The third-order valence-electron chi connectivity index (χ3n) is 4.29. The van der Waals surface area contributed by atoms with E-state index >= 15 is 0 Å². The van der Waals surface area contributed by atoms with E-state index in [0.29, 0.717) is 24.4 Å². The first-order chi connectivity index (χ1) is 10.2. The fraction of sp³-hybridized carbons (Fsp3) is 0.500. The van der Waals surface area contributed by atoms with E-state index in [9.17, 15) is 14.0 Å². The Morgan fingerprint density at radius 3 is 2.50 bits per heavy atom. The Bertz CT molecular complexity index is 603. The molecule has 6 heteroatoms. The monoisotopic (exact) mass is 327 g/mol. The van der Waals surface area contributed by atoms with Crippen molar-refractivity contribution in [3.05, 3.63) is 34.6 Å². The van der Waals surface area contributed by atoms with Gasteiger partial charge in [-0.1, -0.05) is 31.5 Å². The van der Waals surface area contributed by atoms with Crippen LogP contribution in [0.4, 0.5) is 4.39 Å². The molecule has 2 unspecified atom stereocenters. The van der Waals surface area contributed by atoms with E-state index in [0.717, 1.165) is 5.56 Å². The Balaban J connectivity index is 2.00. The number of carboxylic acids is 1. The number of rotatable bonds is 5. The number of aliphatic carboxylic acids is 1. The Morgan fingerprint density at radius 2 is 2.00 bits per heavy atom. The standard InChI is InChI=1S/C16H19ClFNO3/c1-16(2,12-6-3-9(18)7-13(12)17)8-19-14(20)10-4-5-11(10)15(21)22/h3,6-7,10-11H,4-5,8H2,1-2H3,(H,19,20)(H,21,22). The van der Waals surface area contributed by atoms with Crippen molar-refractivity contribution >= 4 is 23.5 Å². The molecule has 22 heavy (non-hydrogen) atoms. The second-order valence-corrected chi connectivity index (χ2v) is 6.76. The number of hydrogen-bond donors (Lipinski definition) is 2. The summed E-state index contributed by atoms with van der Waals surface area (Å²) in [6.07, 6.45) is 1.14. The summed E-state index contributed by atoms with van der Waals surface area (Å²) in [6, 6.07) is 4.18. The average molecular weight is 328 g/mol. The van der Waals surface area contributed by atoms with E-state index in [1.54, 1.807) is 6.07 Å². The van der Waals surface area contributed by atoms with Crippen molar-refractivity contribution in [1.82, 2.24) is 5.32 Å². The number of carbonyl (C=O) groups is 2. The lowest BCUT2D eigenvalue weighted by molar-refractivity contribution is -0.152. The molecule has 0 radical (unpaired) electrons. The maximum atomic E-state index is 13.1. The minimum Gasteiger partial charge on any atom is -0.481 e. The maximum absolute atomic E-state index is 13.1. The van der Waals surface area contributed by atoms with Crippen LogP contribution < -0.4 is 5.32 Å². The summed E-state index contributed by atoms with van der Waals surface area (Å²) in [6.45, 7) is 4.09. The van der Waals surface area contributed by atoms with Crippen LogP contribution in [0.25, 0.3) is 0 Å². The molecule has 1 aliphatic carbocycles. The molecular weight excluding hydrogens is 309 g/mol. The third-order valence-corrected chi connectivity index (χ3v) is 4.61. The van der Waals surface area contributed by atoms with Gasteiger partial charge in [-0.3, -0.25) is 9.59 Å². The molecule has 0 spiro atoms. The van der Waals surface area contributed by atoms with Gasteiger partial charge in [-0.15, -0.1) is 0 Å². The lowest BCUT2D eigenvalue weighted by atomic mass is 9.73. The Labute approximate surface area is 133 Å². The predicted molar refractivity (Wildman–Crippen MR) is 81.3 cm³/mol. The SMILES string of the molecule is CC(C)(CNC(=O)C1CCC1C(=O)O)c1ccc(F)cc1Cl. The molecule has 0 aromatic heterocycles. The highest BCUT2D eigenvalue weighted by atomic mass is 35.5. The highest BCUT2D eigenvalue weighted by Crippen LogP contribution is 2.35. The van der Waals surface area contributed by atoms with E-state index in [1.165, 1.54) is 12.1 Å². The molecule has 1 aromatic rings. The summed E-state index contributed by atoms with van der Waals surface area (Å²) in [5.41, 5.74) is 0.252. The minimum atomic E-state index is -0.924. The topological polar surface area (TPSA) is 66.4 Å². The van der Waals surface area contributed by atoms with Crippen LogP contribution in [0.2, 0.25) is 5.02 Å². The van der Waals surface area contributed by atoms with Gasteiger partial charge in [0.15, 0.2) is 0 Å². The molecule has 1 saturated carbocycles. The summed E-state index contributed by atoms with van der Waals surface area (Å²) in [5, 5.41) is 12.1. The van der Waals surface area contributed by atoms with Crippen molar-refractivity contribution in [2.75, 3.05) is 6.54 Å². The quantitative estimate of drug-likeness (QED) is 0.873. The van der Waals surface area contributed by atoms with Gasteiger partial charge in [-0.2, -0.15) is 0 Å². The van der Waals surface area contributed by atoms with Crippen molar-refractivity contribution in [3.63, 3.8) is 0 Å². The minimum absolute atomic E-state index is 0.245. The number of carboxylic acid groups (broad SMARTS) is 1. The van der Waals surface area contributed by atoms with Crippen LogP contribution in [-0.4, -0.2) is 23.5 Å². The van der Waals surface area contributed by atoms with E-state index in [2.05, 4.69) is 5.32 Å². The molecule has 4 nitrogen and oxygen atoms in total. The van der Waals surface area contributed by atoms with Crippen LogP contribution in [0.5, 0.6) is 0 Å². The Morgan fingerprint density at radius 1 is 1.36 bits per heavy atom. The summed E-state index contributed by atoms with van der Waals surface area (Å²) in [7, 11) is 0. The van der Waals surface area contributed by atoms with Crippen LogP contribution in [0, 0.1) is 17.7 Å². The molecule has 1 aromatic carbocycles. The second kappa shape index (κ2) is 6.24. The molecular formula is C16H19ClFNO3. The zero-order chi connectivity index (χ0) is 16.5. The van der Waals surface area contributed by atoms with E-state index < -0.39 is 29.0 Å². The zero-order valence-corrected chi connectivity index (χ0v) is 13.3. The normalized spacial score (nSPS) is 21.1. The molecule has 2 N–H and O–H groups in total. The van der Waals surface area contributed by atoms with E-state index in [4.69, 9.17) is 16.7 Å². The van der Waals surface area contributed by atoms with Crippen molar-refractivity contribution < 1.29 is 19.1 Å². The van der Waals surface area contributed by atoms with Gasteiger partial charge in [0.25, 0.3) is 0 Å². The van der Waals surface area contributed by atoms with Crippen molar-refractivity contribution in [3.8, 4) is 0 Å². The molecule has 0 bridgehead atoms. The third kappa shape index (κ3) is 3.40. The second-order valence-electron chi connectivity index (χ2n) is 6.35. The smallest absolute Gasteiger partial charge is 0.307 e. The summed E-state index contributed by atoms with van der Waals surface area (Å²) in [5.74, 6) is -2.63. The van der Waals surface area contributed by atoms with Crippen LogP contribution in [0.1, 0.15) is 32.3 Å². The van der Waals surface area contributed by atoms with Gasteiger partial charge in [0.2, 0.25) is 5.91 Å². The molecule has 2 atom stereocenters. The van der Waals surface area contributed by atoms with Crippen molar-refractivity contribution in [1.29, 1.82) is 0 Å². The lowest BCUT2D eigenvalue weighted by Gasteiger charge is -2.34. The first-order valence-electron chi connectivity index (χ1n) is 7.18. The summed E-state index contributed by atoms with van der Waals surface area (Å²) in [4.78, 5) is 23.1. The molecule has 1 fully saturated rings. The summed E-state index contributed by atoms with van der Waals surface area (Å²) < 4.78 is 13.1. The van der Waals surface area contributed by atoms with Gasteiger partial charge >= 0.3 is 5.97 Å². The van der Waals surface area contributed by atoms with Gasteiger partial charge in [0.05, 0.1) is 11.8 Å². The van der Waals surface area contributed by atoms with Gasteiger partial charge in [0, 0.05) is 17.0 Å². The Kier molecular flexibility index (Phi) is 4.75. The molecule has 2 rings (SSSR count). The zero-order valence-electron chi connectivity index (χ0n) is 12.5. The number of carbonyl (C=O) groups excluding carboxylic acids is 1. The number of amides is 1. The van der Waals surface area contributed by atoms with Crippen molar-refractivity contribution in [2.24, 2.45) is 11.8 Å². The maximum Gasteiger partial charge on any atom is 0.307 e. The molecule has 0 aliphatic heterocycles. The summed E-state index contributed by atoms with van der Waals surface area (Å²) >= 11 is 6.06. The molecule has 1 amide bonds. The van der Waals surface area contributed by atoms with Crippen LogP contribution in [0.3, 0.4) is 0 Å². The first kappa shape index (κ1) is 16.7. The van der Waals surface area contributed by atoms with E-state index in [-0.39, 0.29) is 5.91 Å². The fourth-order valence-electron chi connectivity index (χ4n) is 2.68. The fourth-order valence-corrected chi connectivity index (χ4v) is 3.11. The largest absolute Gasteiger partial charge is 0.481 e. The van der Waals surface area contributed by atoms with Gasteiger partial charge in [-0.25, -0.2) is 4.39 Å². The number of nitrogens with one attached hydrogen (secondary N) is 1. The highest BCUT2D eigenvalue weighted by Gasteiger charge is 2.41.